The Morgan fingerprint density at radius 2 is 0.889 bits per heavy atom. The van der Waals surface area contributed by atoms with E-state index in [1.807, 2.05) is 0 Å². The van der Waals surface area contributed by atoms with Gasteiger partial charge in [0.25, 0.3) is 0 Å². The first kappa shape index (κ1) is 17.8. The van der Waals surface area contributed by atoms with Crippen LogP contribution in [0.25, 0.3) is 22.3 Å². The predicted molar refractivity (Wildman–Crippen MR) is 118 cm³/mol. The fraction of sp³-hybridized carbons (Fsp3) is 0.0769. The molecule has 0 radical (unpaired) electrons. The van der Waals surface area contributed by atoms with Crippen LogP contribution in [0.3, 0.4) is 0 Å². The molecule has 0 aliphatic rings. The maximum absolute atomic E-state index is 2.32. The molecule has 0 aliphatic carbocycles. The van der Waals surface area contributed by atoms with E-state index >= 15 is 0 Å². The number of rotatable bonds is 4. The van der Waals surface area contributed by atoms with Gasteiger partial charge in [-0.05, 0) is 0 Å². The third-order valence-corrected chi connectivity index (χ3v) is 7.08. The van der Waals surface area contributed by atoms with Gasteiger partial charge in [0.2, 0.25) is 0 Å². The van der Waals surface area contributed by atoms with Crippen molar-refractivity contribution in [2.75, 3.05) is 0 Å². The Bertz CT molecular complexity index is 963. The van der Waals surface area contributed by atoms with Crippen LogP contribution in [0.2, 0.25) is 0 Å². The zero-order chi connectivity index (χ0) is 18.6. The van der Waals surface area contributed by atoms with Crippen molar-refractivity contribution in [1.29, 1.82) is 0 Å². The van der Waals surface area contributed by atoms with Crippen molar-refractivity contribution in [3.05, 3.63) is 108 Å². The minimum absolute atomic E-state index is 0.234. The first-order valence-electron chi connectivity index (χ1n) is 9.21. The average molecular weight is 413 g/mol. The van der Waals surface area contributed by atoms with E-state index in [1.54, 1.807) is 0 Å². The summed E-state index contributed by atoms with van der Waals surface area (Å²) < 4.78 is 2.86. The Labute approximate surface area is 168 Å². The van der Waals surface area contributed by atoms with Crippen LogP contribution >= 0.6 is 0 Å². The number of hydrogen-bond acceptors (Lipinski definition) is 0. The topological polar surface area (TPSA) is 0 Å². The van der Waals surface area contributed by atoms with Crippen LogP contribution in [0.1, 0.15) is 11.1 Å². The van der Waals surface area contributed by atoms with Gasteiger partial charge in [-0.25, -0.2) is 0 Å². The van der Waals surface area contributed by atoms with E-state index in [2.05, 4.69) is 111 Å². The zero-order valence-electron chi connectivity index (χ0n) is 15.6. The Kier molecular flexibility index (Phi) is 5.25. The molecule has 27 heavy (non-hydrogen) atoms. The summed E-state index contributed by atoms with van der Waals surface area (Å²) >= 11 is 0.234. The Balaban J connectivity index is 1.80. The van der Waals surface area contributed by atoms with Crippen molar-refractivity contribution in [3.63, 3.8) is 0 Å². The number of aryl methyl sites for hydroxylation is 2. The van der Waals surface area contributed by atoms with Gasteiger partial charge in [0.05, 0.1) is 0 Å². The second kappa shape index (κ2) is 7.96. The molecule has 0 aliphatic heterocycles. The fourth-order valence-electron chi connectivity index (χ4n) is 3.27. The molecule has 4 aromatic rings. The van der Waals surface area contributed by atoms with Crippen LogP contribution in [-0.4, -0.2) is 15.0 Å². The van der Waals surface area contributed by atoms with Gasteiger partial charge < -0.3 is 0 Å². The monoisotopic (exact) mass is 414 g/mol. The second-order valence-electron chi connectivity index (χ2n) is 6.83. The summed E-state index contributed by atoms with van der Waals surface area (Å²) in [6.45, 7) is 4.34. The third-order valence-electron chi connectivity index (χ3n) is 4.66. The van der Waals surface area contributed by atoms with Gasteiger partial charge in [-0.15, -0.1) is 0 Å². The van der Waals surface area contributed by atoms with Crippen molar-refractivity contribution in [1.82, 2.24) is 0 Å². The Morgan fingerprint density at radius 1 is 0.481 bits per heavy atom. The Hall–Kier alpha value is -2.60. The van der Waals surface area contributed by atoms with Gasteiger partial charge >= 0.3 is 168 Å². The SMILES string of the molecule is Cc1ccc([Se]c2ccc(C)cc2-c2ccccc2)c(-c2ccccc2)c1. The van der Waals surface area contributed by atoms with E-state index in [4.69, 9.17) is 0 Å². The van der Waals surface area contributed by atoms with Crippen LogP contribution < -0.4 is 8.92 Å². The van der Waals surface area contributed by atoms with Crippen molar-refractivity contribution >= 4 is 23.9 Å². The van der Waals surface area contributed by atoms with Crippen molar-refractivity contribution in [3.8, 4) is 22.3 Å². The zero-order valence-corrected chi connectivity index (χ0v) is 17.4. The van der Waals surface area contributed by atoms with Gasteiger partial charge in [0.15, 0.2) is 0 Å². The van der Waals surface area contributed by atoms with Crippen molar-refractivity contribution in [2.45, 2.75) is 13.8 Å². The molecule has 132 valence electrons. The average Bonchev–Trinajstić information content (AvgIpc) is 2.72. The minimum atomic E-state index is 0.234. The van der Waals surface area contributed by atoms with Crippen LogP contribution in [-0.2, 0) is 0 Å². The standard InChI is InChI=1S/C26H22Se/c1-19-13-15-25(23(17-19)21-9-5-3-6-10-21)27-26-16-14-20(2)18-24(26)22-11-7-4-8-12-22/h3-18H,1-2H3. The normalized spacial score (nSPS) is 10.7. The molecule has 4 aromatic carbocycles. The maximum atomic E-state index is 2.32. The molecule has 1 heteroatoms. The third kappa shape index (κ3) is 4.06. The van der Waals surface area contributed by atoms with Gasteiger partial charge in [0.1, 0.15) is 0 Å². The summed E-state index contributed by atoms with van der Waals surface area (Å²) in [6.07, 6.45) is 0. The fourth-order valence-corrected chi connectivity index (χ4v) is 5.54. The van der Waals surface area contributed by atoms with Gasteiger partial charge in [-0.1, -0.05) is 0 Å². The van der Waals surface area contributed by atoms with Crippen molar-refractivity contribution in [2.24, 2.45) is 0 Å². The molecular formula is C26H22Se. The van der Waals surface area contributed by atoms with E-state index in [0.29, 0.717) is 0 Å². The molecule has 0 heterocycles. The molecule has 0 saturated carbocycles. The van der Waals surface area contributed by atoms with Crippen LogP contribution in [0.4, 0.5) is 0 Å². The summed E-state index contributed by atoms with van der Waals surface area (Å²) in [5.74, 6) is 0. The predicted octanol–water partition coefficient (Wildman–Crippen LogP) is 5.29. The summed E-state index contributed by atoms with van der Waals surface area (Å²) in [5.41, 5.74) is 7.92. The van der Waals surface area contributed by atoms with Crippen LogP contribution in [0.5, 0.6) is 0 Å². The summed E-state index contributed by atoms with van der Waals surface area (Å²) in [7, 11) is 0. The quantitative estimate of drug-likeness (QED) is 0.399. The second-order valence-corrected chi connectivity index (χ2v) is 9.11. The molecular weight excluding hydrogens is 391 g/mol. The van der Waals surface area contributed by atoms with Crippen LogP contribution in [0.15, 0.2) is 97.1 Å². The summed E-state index contributed by atoms with van der Waals surface area (Å²) in [5, 5.41) is 0. The molecule has 0 atom stereocenters. The molecule has 4 rings (SSSR count). The molecule has 0 nitrogen and oxygen atoms in total. The van der Waals surface area contributed by atoms with Gasteiger partial charge in [0, 0.05) is 0 Å². The molecule has 0 unspecified atom stereocenters. The van der Waals surface area contributed by atoms with E-state index in [1.165, 1.54) is 42.3 Å². The first-order chi connectivity index (χ1) is 13.2. The van der Waals surface area contributed by atoms with E-state index in [9.17, 15) is 0 Å². The molecule has 0 spiro atoms. The first-order valence-corrected chi connectivity index (χ1v) is 10.9. The van der Waals surface area contributed by atoms with E-state index < -0.39 is 0 Å². The van der Waals surface area contributed by atoms with Gasteiger partial charge in [-0.2, -0.15) is 0 Å². The molecule has 0 amide bonds. The molecule has 0 aromatic heterocycles. The van der Waals surface area contributed by atoms with Crippen LogP contribution in [0, 0.1) is 13.8 Å². The summed E-state index contributed by atoms with van der Waals surface area (Å²) in [4.78, 5) is 0. The van der Waals surface area contributed by atoms with Gasteiger partial charge in [-0.3, -0.25) is 0 Å². The summed E-state index contributed by atoms with van der Waals surface area (Å²) in [6, 6.07) is 35.2. The molecule has 0 fully saturated rings. The number of benzene rings is 4. The Morgan fingerprint density at radius 3 is 1.30 bits per heavy atom. The number of hydrogen-bond donors (Lipinski definition) is 0. The van der Waals surface area contributed by atoms with E-state index in [0.717, 1.165) is 0 Å². The van der Waals surface area contributed by atoms with E-state index in [-0.39, 0.29) is 15.0 Å². The molecule has 0 bridgehead atoms. The van der Waals surface area contributed by atoms with Crippen molar-refractivity contribution < 1.29 is 0 Å². The molecule has 0 saturated heterocycles. The molecule has 0 N–H and O–H groups in total.